The first-order chi connectivity index (χ1) is 20.2. The first-order valence-corrected chi connectivity index (χ1v) is 14.1. The van der Waals surface area contributed by atoms with Gasteiger partial charge in [-0.05, 0) is 58.2 Å². The molecule has 238 valence electrons. The van der Waals surface area contributed by atoms with Gasteiger partial charge in [-0.25, -0.2) is 9.97 Å². The number of aryl methyl sites for hydroxylation is 2. The average molecular weight is 611 g/mol. The number of piperazine rings is 1. The van der Waals surface area contributed by atoms with E-state index in [4.69, 9.17) is 14.9 Å². The number of methoxy groups -OCH3 is 1. The molecule has 3 heterocycles. The first-order valence-electron chi connectivity index (χ1n) is 14.1. The zero-order valence-corrected chi connectivity index (χ0v) is 25.6. The number of carbonyl (C=O) groups excluding carboxylic acids is 1. The lowest BCUT2D eigenvalue weighted by Crippen LogP contribution is -2.62. The molecular weight excluding hydrogens is 569 g/mol. The van der Waals surface area contributed by atoms with E-state index in [1.807, 2.05) is 18.7 Å². The van der Waals surface area contributed by atoms with E-state index in [9.17, 15) is 18.0 Å². The Bertz CT molecular complexity index is 1220. The number of amides is 1. The number of carbonyl (C=O) groups is 1. The highest BCUT2D eigenvalue weighted by molar-refractivity contribution is 5.96. The van der Waals surface area contributed by atoms with Crippen LogP contribution in [0.25, 0.3) is 0 Å². The lowest BCUT2D eigenvalue weighted by Gasteiger charge is -2.52. The van der Waals surface area contributed by atoms with Gasteiger partial charge < -0.3 is 14.5 Å². The number of alkyl halides is 3. The molecule has 11 nitrogen and oxygen atoms in total. The van der Waals surface area contributed by atoms with Crippen molar-refractivity contribution in [1.29, 1.82) is 0 Å². The molecule has 0 radical (unpaired) electrons. The van der Waals surface area contributed by atoms with E-state index < -0.39 is 16.8 Å². The number of rotatable bonds is 7. The maximum Gasteiger partial charge on any atom is 0.416 e. The van der Waals surface area contributed by atoms with Crippen molar-refractivity contribution in [3.05, 3.63) is 68.8 Å². The van der Waals surface area contributed by atoms with Gasteiger partial charge in [0.2, 0.25) is 0 Å². The van der Waals surface area contributed by atoms with Gasteiger partial charge in [0.1, 0.15) is 6.33 Å². The second-order valence-electron chi connectivity index (χ2n) is 11.2. The summed E-state index contributed by atoms with van der Waals surface area (Å²) in [6.45, 7) is 12.4. The van der Waals surface area contributed by atoms with Crippen LogP contribution >= 0.6 is 0 Å². The molecule has 2 saturated heterocycles. The molecule has 0 bridgehead atoms. The van der Waals surface area contributed by atoms with Crippen LogP contribution in [0.2, 0.25) is 0 Å². The molecule has 0 spiro atoms. The highest BCUT2D eigenvalue weighted by Crippen LogP contribution is 2.35. The van der Waals surface area contributed by atoms with E-state index >= 15 is 0 Å². The SMILES string of the molecule is COC[C@@H](c1ccc(C(F)(F)F)cc1)N1CCN(C2(C)CCN(C(=O)c3c(C)ncnc3C)CC2)C[C@@H]1C.CO[N+](=O)[O-]. The highest BCUT2D eigenvalue weighted by atomic mass is 19.4. The Morgan fingerprint density at radius 3 is 2.12 bits per heavy atom. The minimum Gasteiger partial charge on any atom is -0.383 e. The third-order valence-electron chi connectivity index (χ3n) is 8.51. The normalized spacial score (nSPS) is 20.1. The Morgan fingerprint density at radius 2 is 1.65 bits per heavy atom. The molecule has 2 aliphatic heterocycles. The molecule has 0 N–H and O–H groups in total. The van der Waals surface area contributed by atoms with Gasteiger partial charge in [0.25, 0.3) is 11.0 Å². The molecule has 2 atom stereocenters. The van der Waals surface area contributed by atoms with Crippen molar-refractivity contribution in [2.75, 3.05) is 53.6 Å². The molecule has 2 fully saturated rings. The number of likely N-dealkylation sites (tertiary alicyclic amines) is 1. The van der Waals surface area contributed by atoms with Crippen LogP contribution in [0.15, 0.2) is 30.6 Å². The van der Waals surface area contributed by atoms with E-state index in [0.717, 1.165) is 57.3 Å². The Kier molecular flexibility index (Phi) is 11.4. The Balaban J connectivity index is 0.000000934. The highest BCUT2D eigenvalue weighted by Gasteiger charge is 2.41. The molecule has 0 unspecified atom stereocenters. The van der Waals surface area contributed by atoms with Crippen LogP contribution in [0.3, 0.4) is 0 Å². The Hall–Kier alpha value is -3.36. The molecule has 1 aromatic carbocycles. The third-order valence-corrected chi connectivity index (χ3v) is 8.51. The Morgan fingerprint density at radius 1 is 1.09 bits per heavy atom. The predicted octanol–water partition coefficient (Wildman–Crippen LogP) is 4.33. The van der Waals surface area contributed by atoms with E-state index in [0.29, 0.717) is 36.6 Å². The van der Waals surface area contributed by atoms with Crippen LogP contribution in [0.5, 0.6) is 0 Å². The topological polar surface area (TPSA) is 114 Å². The van der Waals surface area contributed by atoms with Gasteiger partial charge in [-0.1, -0.05) is 12.1 Å². The molecule has 1 aromatic heterocycles. The number of halogens is 3. The summed E-state index contributed by atoms with van der Waals surface area (Å²) < 4.78 is 44.7. The predicted molar refractivity (Wildman–Crippen MR) is 153 cm³/mol. The maximum atomic E-state index is 13.2. The van der Waals surface area contributed by atoms with Crippen molar-refractivity contribution >= 4 is 5.91 Å². The number of piperidine rings is 1. The fourth-order valence-electron chi connectivity index (χ4n) is 5.93. The number of aromatic nitrogens is 2. The van der Waals surface area contributed by atoms with E-state index in [1.165, 1.54) is 6.33 Å². The summed E-state index contributed by atoms with van der Waals surface area (Å²) in [5, 5.41) is 8.08. The second-order valence-corrected chi connectivity index (χ2v) is 11.2. The van der Waals surface area contributed by atoms with Crippen molar-refractivity contribution in [2.45, 2.75) is 64.3 Å². The van der Waals surface area contributed by atoms with Crippen LogP contribution in [0, 0.1) is 24.0 Å². The summed E-state index contributed by atoms with van der Waals surface area (Å²) in [4.78, 5) is 40.8. The number of benzene rings is 1. The largest absolute Gasteiger partial charge is 0.416 e. The average Bonchev–Trinajstić information content (AvgIpc) is 2.96. The molecule has 2 aliphatic rings. The van der Waals surface area contributed by atoms with Crippen LogP contribution in [0.4, 0.5) is 13.2 Å². The monoisotopic (exact) mass is 610 g/mol. The summed E-state index contributed by atoms with van der Waals surface area (Å²) in [7, 11) is 2.62. The standard InChI is InChI=1S/C28H38F3N5O2.CH3NO3/c1-19-16-35(14-15-36(19)24(17-38-5)22-6-8-23(9-7-22)28(29,30)31)27(4)10-12-34(13-11-27)26(37)25-20(2)32-18-33-21(25)3;1-5-2(3)4/h6-9,18-19,24H,10-17H2,1-5H3;1H3/t19-,24-;/m0./s1. The lowest BCUT2D eigenvalue weighted by atomic mass is 9.86. The van der Waals surface area contributed by atoms with Crippen LogP contribution in [-0.4, -0.2) is 101 Å². The van der Waals surface area contributed by atoms with Gasteiger partial charge in [-0.3, -0.25) is 14.6 Å². The molecule has 2 aromatic rings. The van der Waals surface area contributed by atoms with E-state index in [2.05, 4.69) is 38.5 Å². The zero-order valence-electron chi connectivity index (χ0n) is 25.6. The summed E-state index contributed by atoms with van der Waals surface area (Å²) in [6, 6.07) is 5.52. The molecular formula is C29H41F3N6O5. The van der Waals surface area contributed by atoms with Gasteiger partial charge in [0, 0.05) is 51.4 Å². The third kappa shape index (κ3) is 8.39. The fraction of sp³-hybridized carbons (Fsp3) is 0.621. The summed E-state index contributed by atoms with van der Waals surface area (Å²) in [6.07, 6.45) is -1.12. The van der Waals surface area contributed by atoms with Crippen molar-refractivity contribution in [3.63, 3.8) is 0 Å². The molecule has 0 aliphatic carbocycles. The van der Waals surface area contributed by atoms with Crippen molar-refractivity contribution in [1.82, 2.24) is 24.7 Å². The minimum absolute atomic E-state index is 0.000198. The molecule has 43 heavy (non-hydrogen) atoms. The number of nitrogens with zero attached hydrogens (tertiary/aromatic N) is 6. The molecule has 0 saturated carbocycles. The summed E-state index contributed by atoms with van der Waals surface area (Å²) in [5.41, 5.74) is 2.18. The Labute approximate surface area is 250 Å². The maximum absolute atomic E-state index is 13.2. The number of hydrogen-bond acceptors (Lipinski definition) is 9. The van der Waals surface area contributed by atoms with E-state index in [-0.39, 0.29) is 23.5 Å². The minimum atomic E-state index is -4.35. The summed E-state index contributed by atoms with van der Waals surface area (Å²) >= 11 is 0. The van der Waals surface area contributed by atoms with Crippen LogP contribution < -0.4 is 0 Å². The van der Waals surface area contributed by atoms with E-state index in [1.54, 1.807) is 19.2 Å². The zero-order chi connectivity index (χ0) is 31.9. The van der Waals surface area contributed by atoms with Crippen LogP contribution in [0.1, 0.15) is 65.6 Å². The van der Waals surface area contributed by atoms with Crippen molar-refractivity contribution in [3.8, 4) is 0 Å². The quantitative estimate of drug-likeness (QED) is 0.334. The lowest BCUT2D eigenvalue weighted by molar-refractivity contribution is -0.749. The van der Waals surface area contributed by atoms with Gasteiger partial charge in [-0.2, -0.15) is 13.2 Å². The number of hydrogen-bond donors (Lipinski definition) is 0. The molecule has 14 heteroatoms. The first kappa shape index (κ1) is 34.1. The summed E-state index contributed by atoms with van der Waals surface area (Å²) in [5.74, 6) is -0.000198. The second kappa shape index (κ2) is 14.4. The van der Waals surface area contributed by atoms with Crippen molar-refractivity contribution < 1.29 is 32.6 Å². The fourth-order valence-corrected chi connectivity index (χ4v) is 5.93. The smallest absolute Gasteiger partial charge is 0.383 e. The molecule has 4 rings (SSSR count). The van der Waals surface area contributed by atoms with Crippen molar-refractivity contribution in [2.24, 2.45) is 0 Å². The van der Waals surface area contributed by atoms with Crippen LogP contribution in [-0.2, 0) is 15.8 Å². The van der Waals surface area contributed by atoms with Gasteiger partial charge in [0.05, 0.1) is 42.3 Å². The number of ether oxygens (including phenoxy) is 1. The molecule has 1 amide bonds. The van der Waals surface area contributed by atoms with Gasteiger partial charge in [0.15, 0.2) is 0 Å². The van der Waals surface area contributed by atoms with Gasteiger partial charge in [-0.15, -0.1) is 10.1 Å². The van der Waals surface area contributed by atoms with Gasteiger partial charge >= 0.3 is 6.18 Å².